The molecule has 0 spiro atoms. The normalized spacial score (nSPS) is 21.9. The summed E-state index contributed by atoms with van der Waals surface area (Å²) in [5.74, 6) is 0.808. The highest BCUT2D eigenvalue weighted by molar-refractivity contribution is 5.98. The van der Waals surface area contributed by atoms with Crippen LogP contribution in [0.5, 0.6) is 0 Å². The third kappa shape index (κ3) is 4.12. The number of benzene rings is 2. The maximum absolute atomic E-state index is 10.7. The zero-order valence-electron chi connectivity index (χ0n) is 20.1. The number of ether oxygens (including phenoxy) is 1. The lowest BCUT2D eigenvalue weighted by atomic mass is 9.85. The number of nitrogens with two attached hydrogens (primary N) is 1. The largest absolute Gasteiger partial charge is 0.388 e. The summed E-state index contributed by atoms with van der Waals surface area (Å²) in [4.78, 5) is 4.63. The Hall–Kier alpha value is -3.17. The average Bonchev–Trinajstić information content (AvgIpc) is 3.44. The number of hydrazine groups is 1. The van der Waals surface area contributed by atoms with Crippen molar-refractivity contribution in [1.29, 1.82) is 0 Å². The molecular weight excluding hydrogens is 442 g/mol. The SMILES string of the molecule is CCC(N)(CC)c1ccccc1NN1CN=Cc2c(-c3ccccc3)cn([C@@H]3OC[C@@H](O)[C@H]3O)c21. The zero-order chi connectivity index (χ0) is 24.6. The van der Waals surface area contributed by atoms with Crippen molar-refractivity contribution < 1.29 is 14.9 Å². The number of hydrogen-bond donors (Lipinski definition) is 4. The molecule has 3 heterocycles. The van der Waals surface area contributed by atoms with Crippen LogP contribution in [0.25, 0.3) is 11.1 Å². The molecule has 3 aromatic rings. The van der Waals surface area contributed by atoms with Gasteiger partial charge in [-0.25, -0.2) is 5.01 Å². The molecule has 0 saturated carbocycles. The summed E-state index contributed by atoms with van der Waals surface area (Å²) >= 11 is 0. The van der Waals surface area contributed by atoms with Gasteiger partial charge in [0.2, 0.25) is 0 Å². The molecule has 35 heavy (non-hydrogen) atoms. The molecule has 5 rings (SSSR count). The van der Waals surface area contributed by atoms with E-state index in [0.29, 0.717) is 6.67 Å². The van der Waals surface area contributed by atoms with E-state index in [2.05, 4.69) is 30.3 Å². The first-order chi connectivity index (χ1) is 17.0. The second-order valence-electron chi connectivity index (χ2n) is 9.24. The first-order valence-corrected chi connectivity index (χ1v) is 12.2. The van der Waals surface area contributed by atoms with Gasteiger partial charge in [-0.1, -0.05) is 62.4 Å². The molecule has 8 heteroatoms. The van der Waals surface area contributed by atoms with E-state index in [1.807, 2.05) is 70.5 Å². The number of hydrogen-bond acceptors (Lipinski definition) is 7. The van der Waals surface area contributed by atoms with E-state index in [9.17, 15) is 10.2 Å². The van der Waals surface area contributed by atoms with Crippen molar-refractivity contribution in [3.05, 3.63) is 71.9 Å². The Kier molecular flexibility index (Phi) is 6.37. The number of rotatable bonds is 7. The number of nitrogens with zero attached hydrogens (tertiary/aromatic N) is 3. The smallest absolute Gasteiger partial charge is 0.164 e. The van der Waals surface area contributed by atoms with Gasteiger partial charge in [-0.3, -0.25) is 10.4 Å². The van der Waals surface area contributed by atoms with E-state index < -0.39 is 24.0 Å². The van der Waals surface area contributed by atoms with Gasteiger partial charge in [0.1, 0.15) is 24.7 Å². The van der Waals surface area contributed by atoms with E-state index in [1.54, 1.807) is 0 Å². The molecule has 5 N–H and O–H groups in total. The summed E-state index contributed by atoms with van der Waals surface area (Å²) in [6, 6.07) is 18.1. The van der Waals surface area contributed by atoms with Crippen molar-refractivity contribution in [2.24, 2.45) is 10.7 Å². The van der Waals surface area contributed by atoms with E-state index in [-0.39, 0.29) is 6.61 Å². The van der Waals surface area contributed by atoms with Gasteiger partial charge in [-0.2, -0.15) is 0 Å². The van der Waals surface area contributed by atoms with Crippen molar-refractivity contribution in [2.45, 2.75) is 50.7 Å². The maximum Gasteiger partial charge on any atom is 0.164 e. The number of anilines is 2. The Labute approximate surface area is 205 Å². The molecule has 184 valence electrons. The van der Waals surface area contributed by atoms with Crippen molar-refractivity contribution in [3.63, 3.8) is 0 Å². The Bertz CT molecular complexity index is 1200. The lowest BCUT2D eigenvalue weighted by molar-refractivity contribution is -0.0172. The summed E-state index contributed by atoms with van der Waals surface area (Å²) < 4.78 is 7.73. The second-order valence-corrected chi connectivity index (χ2v) is 9.24. The number of aliphatic imine (C=N–C) groups is 1. The number of aliphatic hydroxyl groups is 2. The Morgan fingerprint density at radius 1 is 1.09 bits per heavy atom. The summed E-state index contributed by atoms with van der Waals surface area (Å²) in [5, 5.41) is 22.8. The third-order valence-electron chi connectivity index (χ3n) is 7.21. The van der Waals surface area contributed by atoms with Crippen LogP contribution in [0.1, 0.15) is 44.0 Å². The second kappa shape index (κ2) is 9.47. The van der Waals surface area contributed by atoms with Crippen molar-refractivity contribution >= 4 is 17.7 Å². The van der Waals surface area contributed by atoms with Crippen LogP contribution in [0.2, 0.25) is 0 Å². The predicted octanol–water partition coefficient (Wildman–Crippen LogP) is 3.60. The van der Waals surface area contributed by atoms with Gasteiger partial charge in [0.05, 0.1) is 12.3 Å². The Morgan fingerprint density at radius 3 is 2.49 bits per heavy atom. The van der Waals surface area contributed by atoms with Gasteiger partial charge in [0.15, 0.2) is 6.23 Å². The molecule has 0 radical (unpaired) electrons. The Balaban J connectivity index is 1.61. The fraction of sp³-hybridized carbons (Fsp3) is 0.370. The topological polar surface area (TPSA) is 108 Å². The molecule has 1 aromatic heterocycles. The highest BCUT2D eigenvalue weighted by Gasteiger charge is 2.39. The van der Waals surface area contributed by atoms with Crippen LogP contribution in [0.4, 0.5) is 11.5 Å². The molecule has 2 aromatic carbocycles. The first kappa shape index (κ1) is 23.6. The van der Waals surface area contributed by atoms with Gasteiger partial charge >= 0.3 is 0 Å². The molecule has 3 atom stereocenters. The van der Waals surface area contributed by atoms with E-state index >= 15 is 0 Å². The molecule has 0 bridgehead atoms. The van der Waals surface area contributed by atoms with Gasteiger partial charge < -0.3 is 25.3 Å². The van der Waals surface area contributed by atoms with Crippen LogP contribution in [0, 0.1) is 0 Å². The summed E-state index contributed by atoms with van der Waals surface area (Å²) in [5.41, 5.74) is 14.7. The zero-order valence-corrected chi connectivity index (χ0v) is 20.1. The average molecular weight is 476 g/mol. The summed E-state index contributed by atoms with van der Waals surface area (Å²) in [6.45, 7) is 4.64. The number of nitrogens with one attached hydrogen (secondary N) is 1. The van der Waals surface area contributed by atoms with E-state index in [1.165, 1.54) is 0 Å². The molecule has 0 aliphatic carbocycles. The fourth-order valence-corrected chi connectivity index (χ4v) is 4.97. The van der Waals surface area contributed by atoms with Crippen molar-refractivity contribution in [1.82, 2.24) is 4.57 Å². The third-order valence-corrected chi connectivity index (χ3v) is 7.21. The molecule has 2 aliphatic heterocycles. The summed E-state index contributed by atoms with van der Waals surface area (Å²) in [6.07, 6.45) is 2.74. The Morgan fingerprint density at radius 2 is 1.80 bits per heavy atom. The fourth-order valence-electron chi connectivity index (χ4n) is 4.97. The van der Waals surface area contributed by atoms with Gasteiger partial charge in [-0.05, 0) is 30.0 Å². The van der Waals surface area contributed by atoms with Crippen LogP contribution in [0.15, 0.2) is 65.8 Å². The van der Waals surface area contributed by atoms with Crippen LogP contribution in [-0.2, 0) is 10.3 Å². The summed E-state index contributed by atoms with van der Waals surface area (Å²) in [7, 11) is 0. The minimum atomic E-state index is -1.04. The van der Waals surface area contributed by atoms with Crippen LogP contribution in [-0.4, -0.2) is 46.5 Å². The van der Waals surface area contributed by atoms with E-state index in [0.717, 1.165) is 46.6 Å². The quantitative estimate of drug-likeness (QED) is 0.416. The number of fused-ring (bicyclic) bond motifs is 1. The molecule has 0 amide bonds. The van der Waals surface area contributed by atoms with Gasteiger partial charge in [0.25, 0.3) is 0 Å². The van der Waals surface area contributed by atoms with Crippen molar-refractivity contribution in [2.75, 3.05) is 23.7 Å². The van der Waals surface area contributed by atoms with Crippen LogP contribution >= 0.6 is 0 Å². The number of aliphatic hydroxyl groups excluding tert-OH is 2. The minimum Gasteiger partial charge on any atom is -0.388 e. The molecule has 8 nitrogen and oxygen atoms in total. The lowest BCUT2D eigenvalue weighted by Gasteiger charge is -2.34. The number of aromatic nitrogens is 1. The maximum atomic E-state index is 10.7. The van der Waals surface area contributed by atoms with Gasteiger partial charge in [0, 0.05) is 29.1 Å². The highest BCUT2D eigenvalue weighted by Crippen LogP contribution is 2.40. The van der Waals surface area contributed by atoms with Crippen molar-refractivity contribution in [3.8, 4) is 11.1 Å². The molecule has 1 fully saturated rings. The lowest BCUT2D eigenvalue weighted by Crippen LogP contribution is -2.40. The molecule has 1 saturated heterocycles. The predicted molar refractivity (Wildman–Crippen MR) is 138 cm³/mol. The highest BCUT2D eigenvalue weighted by atomic mass is 16.5. The first-order valence-electron chi connectivity index (χ1n) is 12.2. The molecular formula is C27H33N5O3. The van der Waals surface area contributed by atoms with Crippen LogP contribution in [0.3, 0.4) is 0 Å². The molecule has 0 unspecified atom stereocenters. The molecule has 2 aliphatic rings. The standard InChI is InChI=1S/C27H33N5O3/c1-3-27(28,4-2)21-12-8-9-13-22(21)30-32-17-29-14-19-20(18-10-6-5-7-11-18)15-31(25(19)32)26-24(34)23(33)16-35-26/h5-15,23-24,26,30,33-34H,3-4,16-17,28H2,1-2H3/t23-,24-,26-/m1/s1. The monoisotopic (exact) mass is 475 g/mol. The minimum absolute atomic E-state index is 0.0759. The van der Waals surface area contributed by atoms with E-state index in [4.69, 9.17) is 10.5 Å². The van der Waals surface area contributed by atoms with Crippen LogP contribution < -0.4 is 16.2 Å². The van der Waals surface area contributed by atoms with Gasteiger partial charge in [-0.15, -0.1) is 0 Å². The number of para-hydroxylation sites is 1.